The SMILES string of the molecule is Cc1nn(-c2nnc(C)c3ccccc23)c(C)c1O. The maximum absolute atomic E-state index is 9.88. The summed E-state index contributed by atoms with van der Waals surface area (Å²) in [5.41, 5.74) is 2.13. The molecule has 0 aliphatic rings. The lowest BCUT2D eigenvalue weighted by Crippen LogP contribution is -2.05. The van der Waals surface area contributed by atoms with Crippen molar-refractivity contribution in [3.8, 4) is 11.6 Å². The highest BCUT2D eigenvalue weighted by Crippen LogP contribution is 2.26. The molecule has 3 rings (SSSR count). The van der Waals surface area contributed by atoms with Gasteiger partial charge in [-0.15, -0.1) is 5.10 Å². The van der Waals surface area contributed by atoms with Gasteiger partial charge in [-0.2, -0.15) is 10.2 Å². The Labute approximate surface area is 110 Å². The number of fused-ring (bicyclic) bond motifs is 1. The fourth-order valence-corrected chi connectivity index (χ4v) is 2.22. The molecule has 2 aromatic heterocycles. The smallest absolute Gasteiger partial charge is 0.183 e. The minimum absolute atomic E-state index is 0.200. The third-order valence-electron chi connectivity index (χ3n) is 3.31. The van der Waals surface area contributed by atoms with Gasteiger partial charge >= 0.3 is 0 Å². The highest BCUT2D eigenvalue weighted by atomic mass is 16.3. The molecule has 0 aliphatic heterocycles. The summed E-state index contributed by atoms with van der Waals surface area (Å²) in [6.45, 7) is 5.51. The summed E-state index contributed by atoms with van der Waals surface area (Å²) in [5, 5.41) is 24.6. The van der Waals surface area contributed by atoms with Crippen LogP contribution in [0.15, 0.2) is 24.3 Å². The Morgan fingerprint density at radius 2 is 1.63 bits per heavy atom. The molecule has 5 nitrogen and oxygen atoms in total. The van der Waals surface area contributed by atoms with Gasteiger partial charge in [0.15, 0.2) is 11.6 Å². The van der Waals surface area contributed by atoms with E-state index in [0.29, 0.717) is 17.2 Å². The third-order valence-corrected chi connectivity index (χ3v) is 3.31. The molecule has 3 aromatic rings. The van der Waals surface area contributed by atoms with Crippen LogP contribution in [0.3, 0.4) is 0 Å². The molecule has 0 saturated heterocycles. The molecular formula is C14H14N4O. The normalized spacial score (nSPS) is 11.1. The van der Waals surface area contributed by atoms with E-state index in [-0.39, 0.29) is 5.75 Å². The molecule has 96 valence electrons. The number of hydrogen-bond donors (Lipinski definition) is 1. The summed E-state index contributed by atoms with van der Waals surface area (Å²) in [6, 6.07) is 7.92. The predicted molar refractivity (Wildman–Crippen MR) is 72.5 cm³/mol. The first-order valence-electron chi connectivity index (χ1n) is 6.07. The van der Waals surface area contributed by atoms with Gasteiger partial charge in [-0.3, -0.25) is 0 Å². The van der Waals surface area contributed by atoms with E-state index in [1.165, 1.54) is 0 Å². The van der Waals surface area contributed by atoms with Crippen LogP contribution in [0.1, 0.15) is 17.1 Å². The quantitative estimate of drug-likeness (QED) is 0.724. The van der Waals surface area contributed by atoms with Crippen LogP contribution in [0.4, 0.5) is 0 Å². The van der Waals surface area contributed by atoms with Crippen molar-refractivity contribution in [1.29, 1.82) is 0 Å². The van der Waals surface area contributed by atoms with Crippen LogP contribution >= 0.6 is 0 Å². The molecule has 1 aromatic carbocycles. The first-order chi connectivity index (χ1) is 9.09. The molecule has 0 unspecified atom stereocenters. The average Bonchev–Trinajstić information content (AvgIpc) is 2.67. The van der Waals surface area contributed by atoms with Crippen molar-refractivity contribution < 1.29 is 5.11 Å². The lowest BCUT2D eigenvalue weighted by atomic mass is 10.1. The molecule has 0 amide bonds. The zero-order chi connectivity index (χ0) is 13.6. The molecule has 1 N–H and O–H groups in total. The van der Waals surface area contributed by atoms with Crippen molar-refractivity contribution in [3.63, 3.8) is 0 Å². The Morgan fingerprint density at radius 3 is 2.26 bits per heavy atom. The standard InChI is InChI=1S/C14H14N4O/c1-8-11-6-4-5-7-12(11)14(16-15-8)18-10(3)13(19)9(2)17-18/h4-7,19H,1-3H3. The first kappa shape index (κ1) is 11.6. The van der Waals surface area contributed by atoms with Crippen LogP contribution in [-0.2, 0) is 0 Å². The highest BCUT2D eigenvalue weighted by Gasteiger charge is 2.15. The molecule has 0 saturated carbocycles. The molecule has 0 bridgehead atoms. The van der Waals surface area contributed by atoms with E-state index in [9.17, 15) is 5.11 Å². The van der Waals surface area contributed by atoms with Crippen molar-refractivity contribution in [2.45, 2.75) is 20.8 Å². The summed E-state index contributed by atoms with van der Waals surface area (Å²) < 4.78 is 1.64. The summed E-state index contributed by atoms with van der Waals surface area (Å²) in [7, 11) is 0. The van der Waals surface area contributed by atoms with E-state index in [4.69, 9.17) is 0 Å². The molecule has 19 heavy (non-hydrogen) atoms. The summed E-state index contributed by atoms with van der Waals surface area (Å²) in [6.07, 6.45) is 0. The maximum atomic E-state index is 9.88. The minimum Gasteiger partial charge on any atom is -0.504 e. The zero-order valence-corrected chi connectivity index (χ0v) is 11.0. The van der Waals surface area contributed by atoms with Crippen LogP contribution < -0.4 is 0 Å². The van der Waals surface area contributed by atoms with Crippen molar-refractivity contribution in [3.05, 3.63) is 41.3 Å². The molecule has 0 radical (unpaired) electrons. The van der Waals surface area contributed by atoms with E-state index in [1.807, 2.05) is 38.1 Å². The molecular weight excluding hydrogens is 240 g/mol. The Morgan fingerprint density at radius 1 is 0.947 bits per heavy atom. The molecule has 0 aliphatic carbocycles. The van der Waals surface area contributed by atoms with Crippen LogP contribution in [0.2, 0.25) is 0 Å². The van der Waals surface area contributed by atoms with Gasteiger partial charge in [0.2, 0.25) is 0 Å². The van der Waals surface area contributed by atoms with Gasteiger partial charge in [-0.05, 0) is 20.8 Å². The maximum Gasteiger partial charge on any atom is 0.183 e. The molecule has 0 spiro atoms. The fraction of sp³-hybridized carbons (Fsp3) is 0.214. The zero-order valence-electron chi connectivity index (χ0n) is 11.0. The van der Waals surface area contributed by atoms with Crippen molar-refractivity contribution in [2.24, 2.45) is 0 Å². The number of hydrogen-bond acceptors (Lipinski definition) is 4. The van der Waals surface area contributed by atoms with Gasteiger partial charge in [-0.25, -0.2) is 4.68 Å². The number of nitrogens with zero attached hydrogens (tertiary/aromatic N) is 4. The lowest BCUT2D eigenvalue weighted by Gasteiger charge is -2.08. The summed E-state index contributed by atoms with van der Waals surface area (Å²) >= 11 is 0. The second kappa shape index (κ2) is 4.05. The highest BCUT2D eigenvalue weighted by molar-refractivity contribution is 5.89. The van der Waals surface area contributed by atoms with Gasteiger partial charge in [0.25, 0.3) is 0 Å². The van der Waals surface area contributed by atoms with Gasteiger partial charge < -0.3 is 5.11 Å². The predicted octanol–water partition coefficient (Wildman–Crippen LogP) is 2.45. The lowest BCUT2D eigenvalue weighted by molar-refractivity contribution is 0.466. The van der Waals surface area contributed by atoms with Crippen LogP contribution in [0.5, 0.6) is 5.75 Å². The van der Waals surface area contributed by atoms with Crippen molar-refractivity contribution in [2.75, 3.05) is 0 Å². The second-order valence-corrected chi connectivity index (χ2v) is 4.59. The van der Waals surface area contributed by atoms with Crippen LogP contribution in [0.25, 0.3) is 16.6 Å². The third kappa shape index (κ3) is 1.66. The molecule has 2 heterocycles. The Hall–Kier alpha value is -2.43. The van der Waals surface area contributed by atoms with Gasteiger partial charge in [0.1, 0.15) is 5.69 Å². The summed E-state index contributed by atoms with van der Waals surface area (Å²) in [5.74, 6) is 0.841. The van der Waals surface area contributed by atoms with E-state index in [2.05, 4.69) is 15.3 Å². The Kier molecular flexibility index (Phi) is 2.48. The average molecular weight is 254 g/mol. The van der Waals surface area contributed by atoms with Crippen molar-refractivity contribution in [1.82, 2.24) is 20.0 Å². The Bertz CT molecular complexity index is 776. The number of aryl methyl sites for hydroxylation is 2. The van der Waals surface area contributed by atoms with Crippen LogP contribution in [-0.4, -0.2) is 25.1 Å². The Balaban J connectivity index is 2.37. The van der Waals surface area contributed by atoms with Gasteiger partial charge in [0, 0.05) is 10.8 Å². The molecule has 0 fully saturated rings. The number of aromatic hydroxyl groups is 1. The van der Waals surface area contributed by atoms with Gasteiger partial charge in [-0.1, -0.05) is 24.3 Å². The first-order valence-corrected chi connectivity index (χ1v) is 6.07. The fourth-order valence-electron chi connectivity index (χ4n) is 2.22. The number of benzene rings is 1. The van der Waals surface area contributed by atoms with E-state index < -0.39 is 0 Å². The monoisotopic (exact) mass is 254 g/mol. The summed E-state index contributed by atoms with van der Waals surface area (Å²) in [4.78, 5) is 0. The molecule has 5 heteroatoms. The van der Waals surface area contributed by atoms with E-state index in [0.717, 1.165) is 16.5 Å². The largest absolute Gasteiger partial charge is 0.504 e. The van der Waals surface area contributed by atoms with Gasteiger partial charge in [0.05, 0.1) is 11.4 Å². The van der Waals surface area contributed by atoms with E-state index in [1.54, 1.807) is 11.6 Å². The minimum atomic E-state index is 0.200. The number of rotatable bonds is 1. The molecule has 0 atom stereocenters. The van der Waals surface area contributed by atoms with Crippen LogP contribution in [0, 0.1) is 20.8 Å². The van der Waals surface area contributed by atoms with E-state index >= 15 is 0 Å². The van der Waals surface area contributed by atoms with Crippen molar-refractivity contribution >= 4 is 10.8 Å². The topological polar surface area (TPSA) is 63.8 Å². The number of aromatic nitrogens is 4. The second-order valence-electron chi connectivity index (χ2n) is 4.59.